The van der Waals surface area contributed by atoms with E-state index in [1.807, 2.05) is 36.4 Å². The summed E-state index contributed by atoms with van der Waals surface area (Å²) in [7, 11) is 2.09. The average Bonchev–Trinajstić information content (AvgIpc) is 2.89. The summed E-state index contributed by atoms with van der Waals surface area (Å²) < 4.78 is 5.84. The van der Waals surface area contributed by atoms with Crippen molar-refractivity contribution in [2.75, 3.05) is 7.05 Å². The van der Waals surface area contributed by atoms with Crippen molar-refractivity contribution in [3.8, 4) is 0 Å². The summed E-state index contributed by atoms with van der Waals surface area (Å²) in [5, 5.41) is 11.5. The van der Waals surface area contributed by atoms with E-state index in [4.69, 9.17) is 4.74 Å². The van der Waals surface area contributed by atoms with Gasteiger partial charge in [-0.25, -0.2) is 4.79 Å². The lowest BCUT2D eigenvalue weighted by molar-refractivity contribution is -0.170. The molecule has 4 nitrogen and oxygen atoms in total. The van der Waals surface area contributed by atoms with E-state index in [9.17, 15) is 9.90 Å². The Balaban J connectivity index is 1.62. The highest BCUT2D eigenvalue weighted by Gasteiger charge is 2.44. The van der Waals surface area contributed by atoms with Gasteiger partial charge in [0.2, 0.25) is 5.60 Å². The Kier molecular flexibility index (Phi) is 4.39. The molecule has 26 heavy (non-hydrogen) atoms. The van der Waals surface area contributed by atoms with Crippen LogP contribution in [0.4, 0.5) is 0 Å². The standard InChI is InChI=1S/C22H23NO3/c1-23-18-12-13-19(23)15-20(14-18)26-21(24)22(25,16-8-4-2-5-9-16)17-10-6-3-7-11-17/h2-13,18-20,25H,14-15H2,1H3/t18-,19+,20?. The molecule has 134 valence electrons. The zero-order chi connectivity index (χ0) is 18.1. The monoisotopic (exact) mass is 349 g/mol. The fourth-order valence-electron chi connectivity index (χ4n) is 3.99. The fourth-order valence-corrected chi connectivity index (χ4v) is 3.99. The molecule has 1 fully saturated rings. The molecule has 4 rings (SSSR count). The molecule has 1 N–H and O–H groups in total. The smallest absolute Gasteiger partial charge is 0.347 e. The molecule has 0 saturated carbocycles. The van der Waals surface area contributed by atoms with Crippen LogP contribution in [-0.4, -0.2) is 41.2 Å². The maximum absolute atomic E-state index is 13.1. The van der Waals surface area contributed by atoms with E-state index in [2.05, 4.69) is 24.1 Å². The molecule has 2 heterocycles. The number of carbonyl (C=O) groups is 1. The van der Waals surface area contributed by atoms with Gasteiger partial charge < -0.3 is 9.84 Å². The van der Waals surface area contributed by atoms with E-state index in [1.54, 1.807) is 24.3 Å². The number of hydrogen-bond donors (Lipinski definition) is 1. The van der Waals surface area contributed by atoms with Crippen molar-refractivity contribution in [3.63, 3.8) is 0 Å². The largest absolute Gasteiger partial charge is 0.460 e. The number of ether oxygens (including phenoxy) is 1. The molecule has 2 bridgehead atoms. The summed E-state index contributed by atoms with van der Waals surface area (Å²) in [4.78, 5) is 15.4. The van der Waals surface area contributed by atoms with Gasteiger partial charge in [-0.3, -0.25) is 4.90 Å². The molecule has 0 aromatic heterocycles. The van der Waals surface area contributed by atoms with E-state index < -0.39 is 11.6 Å². The van der Waals surface area contributed by atoms with E-state index in [0.29, 0.717) is 23.2 Å². The number of fused-ring (bicyclic) bond motifs is 2. The average molecular weight is 349 g/mol. The SMILES string of the molecule is CN1[C@@H]2C=C[C@H]1CC(OC(=O)C(O)(c1ccccc1)c1ccccc1)C2. The molecule has 0 spiro atoms. The molecule has 2 aliphatic heterocycles. The van der Waals surface area contributed by atoms with Crippen molar-refractivity contribution in [2.45, 2.75) is 36.6 Å². The predicted molar refractivity (Wildman–Crippen MR) is 99.5 cm³/mol. The summed E-state index contributed by atoms with van der Waals surface area (Å²) in [6.45, 7) is 0. The minimum absolute atomic E-state index is 0.192. The van der Waals surface area contributed by atoms with Crippen LogP contribution in [0.1, 0.15) is 24.0 Å². The third-order valence-corrected chi connectivity index (χ3v) is 5.56. The Hall–Kier alpha value is -2.43. The fraction of sp³-hybridized carbons (Fsp3) is 0.318. The summed E-state index contributed by atoms with van der Waals surface area (Å²) >= 11 is 0. The Morgan fingerprint density at radius 1 is 0.962 bits per heavy atom. The lowest BCUT2D eigenvalue weighted by Crippen LogP contribution is -2.47. The first-order valence-electron chi connectivity index (χ1n) is 9.04. The highest BCUT2D eigenvalue weighted by atomic mass is 16.6. The molecule has 2 aliphatic rings. The number of nitrogens with zero attached hydrogens (tertiary/aromatic N) is 1. The van der Waals surface area contributed by atoms with Gasteiger partial charge in [-0.05, 0) is 18.2 Å². The van der Waals surface area contributed by atoms with Gasteiger partial charge in [-0.15, -0.1) is 0 Å². The zero-order valence-electron chi connectivity index (χ0n) is 14.8. The second-order valence-electron chi connectivity index (χ2n) is 7.13. The number of benzene rings is 2. The van der Waals surface area contributed by atoms with Crippen LogP contribution in [0.2, 0.25) is 0 Å². The van der Waals surface area contributed by atoms with Gasteiger partial charge in [0.15, 0.2) is 0 Å². The van der Waals surface area contributed by atoms with E-state index >= 15 is 0 Å². The number of aliphatic hydroxyl groups is 1. The van der Waals surface area contributed by atoms with Crippen LogP contribution >= 0.6 is 0 Å². The van der Waals surface area contributed by atoms with Gasteiger partial charge in [0.05, 0.1) is 0 Å². The summed E-state index contributed by atoms with van der Waals surface area (Å²) in [5.41, 5.74) is -0.770. The van der Waals surface area contributed by atoms with E-state index in [-0.39, 0.29) is 6.10 Å². The number of likely N-dealkylation sites (N-methyl/N-ethyl adjacent to an activating group) is 1. The highest BCUT2D eigenvalue weighted by molar-refractivity contribution is 5.85. The van der Waals surface area contributed by atoms with Gasteiger partial charge in [0.1, 0.15) is 6.10 Å². The molecule has 0 amide bonds. The summed E-state index contributed by atoms with van der Waals surface area (Å²) in [6.07, 6.45) is 5.68. The summed E-state index contributed by atoms with van der Waals surface area (Å²) in [5.74, 6) is -0.608. The molecule has 3 atom stereocenters. The third-order valence-electron chi connectivity index (χ3n) is 5.56. The molecule has 0 radical (unpaired) electrons. The van der Waals surface area contributed by atoms with Gasteiger partial charge >= 0.3 is 5.97 Å². The molecule has 1 unspecified atom stereocenters. The number of piperidine rings is 1. The first-order valence-corrected chi connectivity index (χ1v) is 9.04. The molecule has 2 aromatic carbocycles. The number of rotatable bonds is 4. The Labute approximate surface area is 153 Å². The van der Waals surface area contributed by atoms with Crippen LogP contribution in [0.25, 0.3) is 0 Å². The van der Waals surface area contributed by atoms with Crippen LogP contribution < -0.4 is 0 Å². The number of hydrogen-bond acceptors (Lipinski definition) is 4. The van der Waals surface area contributed by atoms with Gasteiger partial charge in [-0.1, -0.05) is 72.8 Å². The van der Waals surface area contributed by atoms with Crippen molar-refractivity contribution < 1.29 is 14.6 Å². The van der Waals surface area contributed by atoms with Crippen molar-refractivity contribution >= 4 is 5.97 Å². The zero-order valence-corrected chi connectivity index (χ0v) is 14.8. The highest BCUT2D eigenvalue weighted by Crippen LogP contribution is 2.35. The minimum atomic E-state index is -1.81. The summed E-state index contributed by atoms with van der Waals surface area (Å²) in [6, 6.07) is 18.6. The van der Waals surface area contributed by atoms with E-state index in [1.165, 1.54) is 0 Å². The number of esters is 1. The quantitative estimate of drug-likeness (QED) is 0.681. The predicted octanol–water partition coefficient (Wildman–Crippen LogP) is 2.87. The lowest BCUT2D eigenvalue weighted by Gasteiger charge is -2.37. The minimum Gasteiger partial charge on any atom is -0.460 e. The van der Waals surface area contributed by atoms with Gasteiger partial charge in [0, 0.05) is 24.9 Å². The first kappa shape index (κ1) is 17.0. The maximum Gasteiger partial charge on any atom is 0.347 e. The van der Waals surface area contributed by atoms with Crippen LogP contribution in [0.5, 0.6) is 0 Å². The normalized spacial score (nSPS) is 25.2. The molecule has 1 saturated heterocycles. The maximum atomic E-state index is 13.1. The van der Waals surface area contributed by atoms with Crippen LogP contribution in [0.15, 0.2) is 72.8 Å². The molecule has 4 heteroatoms. The van der Waals surface area contributed by atoms with Gasteiger partial charge in [-0.2, -0.15) is 0 Å². The third kappa shape index (κ3) is 2.85. The van der Waals surface area contributed by atoms with Gasteiger partial charge in [0.25, 0.3) is 0 Å². The second kappa shape index (κ2) is 6.71. The lowest BCUT2D eigenvalue weighted by atomic mass is 9.86. The van der Waals surface area contributed by atoms with Crippen molar-refractivity contribution in [2.24, 2.45) is 0 Å². The Morgan fingerprint density at radius 2 is 1.42 bits per heavy atom. The van der Waals surface area contributed by atoms with Crippen LogP contribution in [0, 0.1) is 0 Å². The van der Waals surface area contributed by atoms with Crippen molar-refractivity contribution in [1.29, 1.82) is 0 Å². The molecular formula is C22H23NO3. The van der Waals surface area contributed by atoms with Crippen molar-refractivity contribution in [3.05, 3.63) is 83.9 Å². The number of carbonyl (C=O) groups excluding carboxylic acids is 1. The Morgan fingerprint density at radius 3 is 1.88 bits per heavy atom. The Bertz CT molecular complexity index is 747. The first-order chi connectivity index (χ1) is 12.6. The molecule has 2 aromatic rings. The molecular weight excluding hydrogens is 326 g/mol. The topological polar surface area (TPSA) is 49.8 Å². The van der Waals surface area contributed by atoms with E-state index in [0.717, 1.165) is 12.8 Å². The van der Waals surface area contributed by atoms with Crippen LogP contribution in [0.3, 0.4) is 0 Å². The molecule has 0 aliphatic carbocycles. The van der Waals surface area contributed by atoms with Crippen LogP contribution in [-0.2, 0) is 15.1 Å². The van der Waals surface area contributed by atoms with Crippen molar-refractivity contribution in [1.82, 2.24) is 4.90 Å². The second-order valence-corrected chi connectivity index (χ2v) is 7.13.